The lowest BCUT2D eigenvalue weighted by molar-refractivity contribution is -0.0853. The van der Waals surface area contributed by atoms with Gasteiger partial charge in [-0.2, -0.15) is 0 Å². The van der Waals surface area contributed by atoms with Gasteiger partial charge < -0.3 is 14.9 Å². The number of fused-ring (bicyclic) bond motifs is 1. The summed E-state index contributed by atoms with van der Waals surface area (Å²) < 4.78 is 10.8. The smallest absolute Gasteiger partial charge is 0.181 e. The molecule has 1 saturated heterocycles. The molecule has 1 aromatic carbocycles. The maximum Gasteiger partial charge on any atom is 0.181 e. The quantitative estimate of drug-likeness (QED) is 0.874. The van der Waals surface area contributed by atoms with E-state index in [1.807, 2.05) is 6.07 Å². The van der Waals surface area contributed by atoms with Crippen molar-refractivity contribution < 1.29 is 9.15 Å². The predicted molar refractivity (Wildman–Crippen MR) is 64.7 cm³/mol. The average molecular weight is 232 g/mol. The molecule has 1 aromatic heterocycles. The normalized spacial score (nSPS) is 20.1. The highest BCUT2D eigenvalue weighted by Gasteiger charge is 2.44. The minimum Gasteiger partial charge on any atom is -0.443 e. The fourth-order valence-corrected chi connectivity index (χ4v) is 2.45. The summed E-state index contributed by atoms with van der Waals surface area (Å²) in [5, 5.41) is 0. The van der Waals surface area contributed by atoms with Crippen LogP contribution in [0.25, 0.3) is 11.1 Å². The summed E-state index contributed by atoms with van der Waals surface area (Å²) >= 11 is 0. The summed E-state index contributed by atoms with van der Waals surface area (Å²) in [5.41, 5.74) is 8.82. The maximum atomic E-state index is 5.81. The Kier molecular flexibility index (Phi) is 2.42. The topological polar surface area (TPSA) is 61.3 Å². The van der Waals surface area contributed by atoms with Crippen molar-refractivity contribution in [2.75, 3.05) is 19.8 Å². The maximum absolute atomic E-state index is 5.81. The first kappa shape index (κ1) is 10.7. The molecule has 17 heavy (non-hydrogen) atoms. The Morgan fingerprint density at radius 1 is 1.47 bits per heavy atom. The van der Waals surface area contributed by atoms with Crippen LogP contribution in [0.3, 0.4) is 0 Å². The Bertz CT molecular complexity index is 531. The van der Waals surface area contributed by atoms with Gasteiger partial charge in [-0.3, -0.25) is 0 Å². The zero-order valence-electron chi connectivity index (χ0n) is 9.85. The highest BCUT2D eigenvalue weighted by Crippen LogP contribution is 2.39. The molecule has 0 aliphatic carbocycles. The van der Waals surface area contributed by atoms with Gasteiger partial charge in [0.2, 0.25) is 0 Å². The monoisotopic (exact) mass is 232 g/mol. The molecular weight excluding hydrogens is 216 g/mol. The zero-order chi connectivity index (χ0) is 11.9. The van der Waals surface area contributed by atoms with Crippen molar-refractivity contribution in [2.24, 2.45) is 11.7 Å². The summed E-state index contributed by atoms with van der Waals surface area (Å²) in [7, 11) is 0. The molecule has 0 spiro atoms. The molecule has 4 nitrogen and oxygen atoms in total. The van der Waals surface area contributed by atoms with Gasteiger partial charge in [-0.25, -0.2) is 4.98 Å². The van der Waals surface area contributed by atoms with Gasteiger partial charge in [0.15, 0.2) is 12.0 Å². The number of hydrogen-bond acceptors (Lipinski definition) is 4. The molecule has 4 heteroatoms. The number of nitrogens with zero attached hydrogens (tertiary/aromatic N) is 1. The number of nitrogens with two attached hydrogens (primary N) is 1. The van der Waals surface area contributed by atoms with Crippen LogP contribution in [0.15, 0.2) is 29.0 Å². The summed E-state index contributed by atoms with van der Waals surface area (Å²) in [6, 6.07) is 6.17. The molecule has 1 aliphatic rings. The van der Waals surface area contributed by atoms with E-state index in [1.165, 1.54) is 12.0 Å². The number of rotatable bonds is 3. The molecule has 90 valence electrons. The molecule has 1 aliphatic heterocycles. The van der Waals surface area contributed by atoms with Gasteiger partial charge in [0.05, 0.1) is 13.2 Å². The number of ether oxygens (including phenoxy) is 1. The molecule has 2 aromatic rings. The van der Waals surface area contributed by atoms with Crippen LogP contribution in [0.2, 0.25) is 0 Å². The van der Waals surface area contributed by atoms with Crippen molar-refractivity contribution in [3.63, 3.8) is 0 Å². The number of hydrogen-bond donors (Lipinski definition) is 1. The molecule has 2 N–H and O–H groups in total. The molecule has 0 amide bonds. The Balaban J connectivity index is 2.06. The van der Waals surface area contributed by atoms with Crippen LogP contribution in [0.1, 0.15) is 12.5 Å². The standard InChI is InChI=1S/C13H16N2O2/c1-9(5-14)13(6-16-7-13)10-2-3-11-12(4-10)17-8-15-11/h2-4,8-9H,5-7,14H2,1H3. The Morgan fingerprint density at radius 2 is 2.29 bits per heavy atom. The van der Waals surface area contributed by atoms with Crippen LogP contribution in [-0.4, -0.2) is 24.7 Å². The van der Waals surface area contributed by atoms with Crippen molar-refractivity contribution in [1.29, 1.82) is 0 Å². The van der Waals surface area contributed by atoms with Crippen LogP contribution in [0.5, 0.6) is 0 Å². The molecule has 0 bridgehead atoms. The summed E-state index contributed by atoms with van der Waals surface area (Å²) in [6.45, 7) is 4.32. The van der Waals surface area contributed by atoms with Crippen molar-refractivity contribution >= 4 is 11.1 Å². The second kappa shape index (κ2) is 3.82. The lowest BCUT2D eigenvalue weighted by Crippen LogP contribution is -2.53. The Morgan fingerprint density at radius 3 is 2.94 bits per heavy atom. The fraction of sp³-hybridized carbons (Fsp3) is 0.462. The molecule has 2 heterocycles. The van der Waals surface area contributed by atoms with Crippen molar-refractivity contribution in [2.45, 2.75) is 12.3 Å². The Labute approximate surface area is 99.8 Å². The van der Waals surface area contributed by atoms with Gasteiger partial charge in [0.25, 0.3) is 0 Å². The van der Waals surface area contributed by atoms with E-state index < -0.39 is 0 Å². The molecule has 1 atom stereocenters. The van der Waals surface area contributed by atoms with E-state index in [1.54, 1.807) is 0 Å². The highest BCUT2D eigenvalue weighted by molar-refractivity contribution is 5.73. The van der Waals surface area contributed by atoms with Gasteiger partial charge >= 0.3 is 0 Å². The zero-order valence-corrected chi connectivity index (χ0v) is 9.85. The second-order valence-electron chi connectivity index (χ2n) is 4.82. The Hall–Kier alpha value is -1.39. The van der Waals surface area contributed by atoms with E-state index in [0.29, 0.717) is 12.5 Å². The highest BCUT2D eigenvalue weighted by atomic mass is 16.5. The van der Waals surface area contributed by atoms with E-state index in [0.717, 1.165) is 24.3 Å². The molecular formula is C13H16N2O2. The predicted octanol–water partition coefficient (Wildman–Crippen LogP) is 1.69. The molecule has 1 unspecified atom stereocenters. The first-order valence-electron chi connectivity index (χ1n) is 5.88. The number of benzene rings is 1. The van der Waals surface area contributed by atoms with Crippen LogP contribution in [0.4, 0.5) is 0 Å². The van der Waals surface area contributed by atoms with Gasteiger partial charge in [-0.1, -0.05) is 13.0 Å². The molecule has 3 rings (SSSR count). The number of oxazole rings is 1. The third-order valence-corrected chi connectivity index (χ3v) is 3.92. The SMILES string of the molecule is CC(CN)C1(c2ccc3ncoc3c2)COC1. The molecule has 0 radical (unpaired) electrons. The summed E-state index contributed by atoms with van der Waals surface area (Å²) in [4.78, 5) is 4.13. The minimum atomic E-state index is 0.0513. The first-order chi connectivity index (χ1) is 8.26. The van der Waals surface area contributed by atoms with Crippen LogP contribution in [-0.2, 0) is 10.2 Å². The van der Waals surface area contributed by atoms with Gasteiger partial charge in [-0.15, -0.1) is 0 Å². The largest absolute Gasteiger partial charge is 0.443 e. The fourth-order valence-electron chi connectivity index (χ4n) is 2.45. The van der Waals surface area contributed by atoms with E-state index in [-0.39, 0.29) is 5.41 Å². The van der Waals surface area contributed by atoms with E-state index >= 15 is 0 Å². The van der Waals surface area contributed by atoms with Crippen molar-refractivity contribution in [1.82, 2.24) is 4.98 Å². The van der Waals surface area contributed by atoms with Crippen LogP contribution < -0.4 is 5.73 Å². The van der Waals surface area contributed by atoms with Crippen molar-refractivity contribution in [3.05, 3.63) is 30.2 Å². The number of aromatic nitrogens is 1. The van der Waals surface area contributed by atoms with E-state index in [9.17, 15) is 0 Å². The average Bonchev–Trinajstić information content (AvgIpc) is 2.74. The second-order valence-corrected chi connectivity index (χ2v) is 4.82. The lowest BCUT2D eigenvalue weighted by atomic mass is 9.69. The van der Waals surface area contributed by atoms with E-state index in [4.69, 9.17) is 14.9 Å². The van der Waals surface area contributed by atoms with Gasteiger partial charge in [0, 0.05) is 5.41 Å². The summed E-state index contributed by atoms with van der Waals surface area (Å²) in [6.07, 6.45) is 1.48. The van der Waals surface area contributed by atoms with Crippen LogP contribution in [0, 0.1) is 5.92 Å². The summed E-state index contributed by atoms with van der Waals surface area (Å²) in [5.74, 6) is 0.400. The third-order valence-electron chi connectivity index (χ3n) is 3.92. The lowest BCUT2D eigenvalue weighted by Gasteiger charge is -2.46. The van der Waals surface area contributed by atoms with Crippen LogP contribution >= 0.6 is 0 Å². The molecule has 1 fully saturated rings. The third kappa shape index (κ3) is 1.48. The van der Waals surface area contributed by atoms with E-state index in [2.05, 4.69) is 24.0 Å². The van der Waals surface area contributed by atoms with Gasteiger partial charge in [0.1, 0.15) is 5.52 Å². The molecule has 0 saturated carbocycles. The minimum absolute atomic E-state index is 0.0513. The van der Waals surface area contributed by atoms with Gasteiger partial charge in [-0.05, 0) is 30.2 Å². The van der Waals surface area contributed by atoms with Crippen molar-refractivity contribution in [3.8, 4) is 0 Å². The first-order valence-corrected chi connectivity index (χ1v) is 5.88.